The minimum atomic E-state index is -3.97. The highest BCUT2D eigenvalue weighted by atomic mass is 79.9. The van der Waals surface area contributed by atoms with E-state index in [0.29, 0.717) is 16.1 Å². The second kappa shape index (κ2) is 10.8. The topological polar surface area (TPSA) is 78.8 Å². The lowest BCUT2D eigenvalue weighted by Crippen LogP contribution is -2.39. The van der Waals surface area contributed by atoms with Crippen molar-refractivity contribution in [3.63, 3.8) is 0 Å². The van der Waals surface area contributed by atoms with Crippen molar-refractivity contribution >= 4 is 43.8 Å². The van der Waals surface area contributed by atoms with E-state index in [1.807, 2.05) is 31.2 Å². The van der Waals surface area contributed by atoms with Crippen LogP contribution in [0.1, 0.15) is 36.5 Å². The maximum absolute atomic E-state index is 13.4. The molecule has 0 atom stereocenters. The quantitative estimate of drug-likeness (QED) is 0.322. The molecule has 3 rings (SSSR count). The number of hydrazone groups is 1. The Morgan fingerprint density at radius 2 is 1.73 bits per heavy atom. The molecule has 0 spiro atoms. The average Bonchev–Trinajstić information content (AvgIpc) is 2.78. The molecule has 0 aliphatic heterocycles. The van der Waals surface area contributed by atoms with E-state index in [2.05, 4.69) is 40.3 Å². The second-order valence-electron chi connectivity index (χ2n) is 7.92. The molecule has 172 valence electrons. The van der Waals surface area contributed by atoms with Crippen molar-refractivity contribution < 1.29 is 13.2 Å². The Kier molecular flexibility index (Phi) is 8.05. The van der Waals surface area contributed by atoms with Crippen LogP contribution in [0.5, 0.6) is 0 Å². The van der Waals surface area contributed by atoms with Crippen LogP contribution in [-0.2, 0) is 14.8 Å². The monoisotopic (exact) mass is 527 g/mol. The van der Waals surface area contributed by atoms with Crippen LogP contribution in [0.2, 0.25) is 0 Å². The van der Waals surface area contributed by atoms with Crippen molar-refractivity contribution in [2.24, 2.45) is 5.10 Å². The molecule has 0 aliphatic rings. The molecule has 0 saturated heterocycles. The van der Waals surface area contributed by atoms with Crippen molar-refractivity contribution in [2.45, 2.75) is 31.6 Å². The first-order chi connectivity index (χ1) is 15.7. The van der Waals surface area contributed by atoms with Gasteiger partial charge in [-0.15, -0.1) is 0 Å². The first-order valence-corrected chi connectivity index (χ1v) is 12.7. The summed E-state index contributed by atoms with van der Waals surface area (Å²) < 4.78 is 28.5. The molecule has 3 aromatic rings. The first-order valence-electron chi connectivity index (χ1n) is 10.4. The van der Waals surface area contributed by atoms with Crippen LogP contribution >= 0.6 is 15.9 Å². The summed E-state index contributed by atoms with van der Waals surface area (Å²) in [6, 6.07) is 21.2. The molecule has 0 unspecified atom stereocenters. The van der Waals surface area contributed by atoms with E-state index in [9.17, 15) is 13.2 Å². The molecule has 1 amide bonds. The Morgan fingerprint density at radius 1 is 1.06 bits per heavy atom. The average molecular weight is 528 g/mol. The highest BCUT2D eigenvalue weighted by Gasteiger charge is 2.27. The molecule has 1 N–H and O–H groups in total. The van der Waals surface area contributed by atoms with Crippen LogP contribution in [-0.4, -0.2) is 27.1 Å². The van der Waals surface area contributed by atoms with E-state index in [-0.39, 0.29) is 4.90 Å². The van der Waals surface area contributed by atoms with Gasteiger partial charge in [0.25, 0.3) is 15.9 Å². The molecule has 0 heterocycles. The molecule has 0 aromatic heterocycles. The molecule has 0 aliphatic carbocycles. The fourth-order valence-electron chi connectivity index (χ4n) is 3.10. The van der Waals surface area contributed by atoms with Crippen molar-refractivity contribution in [1.29, 1.82) is 0 Å². The number of halogens is 1. The molecule has 0 radical (unpaired) electrons. The van der Waals surface area contributed by atoms with Crippen molar-refractivity contribution in [2.75, 3.05) is 10.8 Å². The zero-order valence-electron chi connectivity index (χ0n) is 18.7. The molecular formula is C25H26BrN3O3S. The Labute approximate surface area is 203 Å². The summed E-state index contributed by atoms with van der Waals surface area (Å²) in [5, 5.41) is 3.99. The molecule has 33 heavy (non-hydrogen) atoms. The number of aryl methyl sites for hydroxylation is 1. The van der Waals surface area contributed by atoms with E-state index < -0.39 is 22.5 Å². The summed E-state index contributed by atoms with van der Waals surface area (Å²) in [4.78, 5) is 12.7. The number of rotatable bonds is 8. The number of amides is 1. The lowest BCUT2D eigenvalue weighted by molar-refractivity contribution is -0.119. The van der Waals surface area contributed by atoms with Crippen molar-refractivity contribution in [3.05, 3.63) is 94.0 Å². The van der Waals surface area contributed by atoms with Gasteiger partial charge in [0.15, 0.2) is 0 Å². The zero-order chi connectivity index (χ0) is 24.0. The van der Waals surface area contributed by atoms with Gasteiger partial charge >= 0.3 is 0 Å². The van der Waals surface area contributed by atoms with Gasteiger partial charge in [-0.05, 0) is 54.3 Å². The highest BCUT2D eigenvalue weighted by molar-refractivity contribution is 9.10. The summed E-state index contributed by atoms with van der Waals surface area (Å²) in [5.74, 6) is -0.129. The summed E-state index contributed by atoms with van der Waals surface area (Å²) >= 11 is 3.37. The van der Waals surface area contributed by atoms with Crippen molar-refractivity contribution in [1.82, 2.24) is 5.43 Å². The molecule has 6 nitrogen and oxygen atoms in total. The predicted molar refractivity (Wildman–Crippen MR) is 136 cm³/mol. The van der Waals surface area contributed by atoms with E-state index >= 15 is 0 Å². The third-order valence-corrected chi connectivity index (χ3v) is 7.28. The number of benzene rings is 3. The third kappa shape index (κ3) is 6.52. The number of nitrogens with one attached hydrogen (secondary N) is 1. The van der Waals surface area contributed by atoms with E-state index in [1.165, 1.54) is 23.9 Å². The maximum atomic E-state index is 13.4. The van der Waals surface area contributed by atoms with Gasteiger partial charge in [-0.2, -0.15) is 5.10 Å². The van der Waals surface area contributed by atoms with Gasteiger partial charge in [-0.1, -0.05) is 77.8 Å². The molecular weight excluding hydrogens is 502 g/mol. The van der Waals surface area contributed by atoms with Gasteiger partial charge in [0.1, 0.15) is 6.54 Å². The molecule has 8 heteroatoms. The van der Waals surface area contributed by atoms with Gasteiger partial charge in [0, 0.05) is 4.47 Å². The molecule has 0 fully saturated rings. The minimum Gasteiger partial charge on any atom is -0.271 e. The molecule has 0 saturated carbocycles. The third-order valence-electron chi connectivity index (χ3n) is 5.00. The predicted octanol–water partition coefficient (Wildman–Crippen LogP) is 5.23. The summed E-state index contributed by atoms with van der Waals surface area (Å²) in [7, 11) is -3.97. The fourth-order valence-corrected chi connectivity index (χ4v) is 4.90. The van der Waals surface area contributed by atoms with Gasteiger partial charge < -0.3 is 0 Å². The number of carbonyl (C=O) groups excluding carboxylic acids is 1. The molecule has 0 bridgehead atoms. The first kappa shape index (κ1) is 24.7. The van der Waals surface area contributed by atoms with E-state index in [4.69, 9.17) is 0 Å². The Bertz CT molecular complexity index is 1240. The Morgan fingerprint density at radius 3 is 2.33 bits per heavy atom. The van der Waals surface area contributed by atoms with Crippen molar-refractivity contribution in [3.8, 4) is 0 Å². The Hall–Kier alpha value is -2.97. The summed E-state index contributed by atoms with van der Waals surface area (Å²) in [6.07, 6.45) is 1.53. The number of hydrogen-bond acceptors (Lipinski definition) is 4. The normalized spacial score (nSPS) is 11.7. The van der Waals surface area contributed by atoms with Crippen LogP contribution in [0.4, 0.5) is 5.69 Å². The standard InChI is InChI=1S/C25H26BrN3O3S/c1-18(2)21-11-9-20(10-12-21)16-27-28-25(30)17-29(23-6-4-5-22(26)15-23)33(31,32)24-13-7-19(3)8-14-24/h4-16,18H,17H2,1-3H3,(H,28,30)/b27-16-. The van der Waals surface area contributed by atoms with Gasteiger partial charge in [-0.25, -0.2) is 13.8 Å². The number of hydrogen-bond donors (Lipinski definition) is 1. The SMILES string of the molecule is Cc1ccc(S(=O)(=O)N(CC(=O)N/N=C\c2ccc(C(C)C)cc2)c2cccc(Br)c2)cc1. The van der Waals surface area contributed by atoms with Crippen LogP contribution in [0.25, 0.3) is 0 Å². The van der Waals surface area contributed by atoms with Crippen LogP contribution in [0.15, 0.2) is 87.3 Å². The lowest BCUT2D eigenvalue weighted by Gasteiger charge is -2.24. The lowest BCUT2D eigenvalue weighted by atomic mass is 10.0. The van der Waals surface area contributed by atoms with E-state index in [1.54, 1.807) is 36.4 Å². The number of nitrogens with zero attached hydrogens (tertiary/aromatic N) is 2. The minimum absolute atomic E-state index is 0.106. The van der Waals surface area contributed by atoms with Gasteiger partial charge in [0.05, 0.1) is 16.8 Å². The van der Waals surface area contributed by atoms with Gasteiger partial charge in [-0.3, -0.25) is 9.10 Å². The van der Waals surface area contributed by atoms with Crippen LogP contribution < -0.4 is 9.73 Å². The summed E-state index contributed by atoms with van der Waals surface area (Å²) in [6.45, 7) is 5.69. The number of sulfonamides is 1. The number of carbonyl (C=O) groups is 1. The number of anilines is 1. The van der Waals surface area contributed by atoms with Gasteiger partial charge in [0.2, 0.25) is 0 Å². The second-order valence-corrected chi connectivity index (χ2v) is 10.7. The largest absolute Gasteiger partial charge is 0.271 e. The summed E-state index contributed by atoms with van der Waals surface area (Å²) in [5.41, 5.74) is 5.78. The van der Waals surface area contributed by atoms with E-state index in [0.717, 1.165) is 15.4 Å². The Balaban J connectivity index is 1.80. The maximum Gasteiger partial charge on any atom is 0.264 e. The highest BCUT2D eigenvalue weighted by Crippen LogP contribution is 2.26. The van der Waals surface area contributed by atoms with Crippen LogP contribution in [0.3, 0.4) is 0 Å². The zero-order valence-corrected chi connectivity index (χ0v) is 21.1. The molecule has 3 aromatic carbocycles. The van der Waals surface area contributed by atoms with Crippen LogP contribution in [0, 0.1) is 6.92 Å². The fraction of sp³-hybridized carbons (Fsp3) is 0.200. The smallest absolute Gasteiger partial charge is 0.264 e.